The minimum Gasteiger partial charge on any atom is -0.352 e. The van der Waals surface area contributed by atoms with Crippen molar-refractivity contribution in [3.63, 3.8) is 0 Å². The largest absolute Gasteiger partial charge is 0.352 e. The second kappa shape index (κ2) is 5.87. The van der Waals surface area contributed by atoms with Crippen molar-refractivity contribution in [3.05, 3.63) is 66.2 Å². The maximum absolute atomic E-state index is 13.9. The molecule has 3 rings (SSSR count). The summed E-state index contributed by atoms with van der Waals surface area (Å²) < 4.78 is 13.9. The third-order valence-electron chi connectivity index (χ3n) is 3.49. The fourth-order valence-electron chi connectivity index (χ4n) is 2.43. The maximum Gasteiger partial charge on any atom is 0.149 e. The van der Waals surface area contributed by atoms with Crippen LogP contribution in [0.3, 0.4) is 0 Å². The Morgan fingerprint density at radius 1 is 1.00 bits per heavy atom. The van der Waals surface area contributed by atoms with Crippen LogP contribution in [-0.2, 0) is 6.54 Å². The molecule has 0 radical (unpaired) electrons. The third-order valence-corrected chi connectivity index (χ3v) is 3.49. The number of nitrogens with zero attached hydrogens (tertiary/aromatic N) is 3. The molecule has 0 bridgehead atoms. The molecule has 0 saturated heterocycles. The number of rotatable bonds is 4. The van der Waals surface area contributed by atoms with E-state index in [1.54, 1.807) is 6.07 Å². The summed E-state index contributed by atoms with van der Waals surface area (Å²) >= 11 is 0. The van der Waals surface area contributed by atoms with E-state index < -0.39 is 0 Å². The lowest BCUT2D eigenvalue weighted by Crippen LogP contribution is -2.23. The lowest BCUT2D eigenvalue weighted by molar-refractivity contribution is 0.636. The van der Waals surface area contributed by atoms with Crippen LogP contribution in [0.15, 0.2) is 54.9 Å². The highest BCUT2D eigenvalue weighted by atomic mass is 19.1. The van der Waals surface area contributed by atoms with Gasteiger partial charge < -0.3 is 4.90 Å². The van der Waals surface area contributed by atoms with E-state index in [1.165, 1.54) is 18.0 Å². The zero-order valence-electron chi connectivity index (χ0n) is 11.8. The molecular weight excluding hydrogens is 265 g/mol. The van der Waals surface area contributed by atoms with Gasteiger partial charge in [0.1, 0.15) is 23.5 Å². The van der Waals surface area contributed by atoms with Gasteiger partial charge in [-0.2, -0.15) is 0 Å². The number of para-hydroxylation sites is 1. The average Bonchev–Trinajstić information content (AvgIpc) is 2.54. The van der Waals surface area contributed by atoms with E-state index in [1.807, 2.05) is 24.3 Å². The lowest BCUT2D eigenvalue weighted by atomic mass is 10.2. The molecule has 1 aromatic heterocycles. The Kier molecular flexibility index (Phi) is 3.77. The number of benzene rings is 2. The molecule has 3 nitrogen and oxygen atoms in total. The molecular formula is C17H16FN3. The first-order valence-corrected chi connectivity index (χ1v) is 6.97. The minimum absolute atomic E-state index is 0.313. The molecule has 0 amide bonds. The van der Waals surface area contributed by atoms with Crippen molar-refractivity contribution in [2.45, 2.75) is 13.5 Å². The molecule has 106 valence electrons. The van der Waals surface area contributed by atoms with E-state index >= 15 is 0 Å². The van der Waals surface area contributed by atoms with Crippen LogP contribution in [0.5, 0.6) is 0 Å². The molecule has 4 heteroatoms. The molecule has 21 heavy (non-hydrogen) atoms. The molecule has 0 aliphatic carbocycles. The van der Waals surface area contributed by atoms with Crippen molar-refractivity contribution in [1.29, 1.82) is 0 Å². The summed E-state index contributed by atoms with van der Waals surface area (Å²) in [4.78, 5) is 10.5. The fourth-order valence-corrected chi connectivity index (χ4v) is 2.43. The average molecular weight is 281 g/mol. The fraction of sp³-hybridized carbons (Fsp3) is 0.176. The second-order valence-corrected chi connectivity index (χ2v) is 4.83. The van der Waals surface area contributed by atoms with Gasteiger partial charge in [0.05, 0.1) is 0 Å². The van der Waals surface area contributed by atoms with Gasteiger partial charge in [0, 0.05) is 18.5 Å². The number of hydrogen-bond donors (Lipinski definition) is 0. The molecule has 0 fully saturated rings. The molecule has 0 aliphatic rings. The summed E-state index contributed by atoms with van der Waals surface area (Å²) in [5, 5.41) is 0.746. The van der Waals surface area contributed by atoms with Crippen LogP contribution in [0, 0.1) is 5.82 Å². The normalized spacial score (nSPS) is 10.8. The molecule has 2 aromatic carbocycles. The topological polar surface area (TPSA) is 29.0 Å². The predicted octanol–water partition coefficient (Wildman–Crippen LogP) is 3.80. The summed E-state index contributed by atoms with van der Waals surface area (Å²) in [6.07, 6.45) is 1.42. The maximum atomic E-state index is 13.9. The monoisotopic (exact) mass is 281 g/mol. The van der Waals surface area contributed by atoms with Gasteiger partial charge in [-0.3, -0.25) is 0 Å². The molecule has 3 aromatic rings. The Balaban J connectivity index is 2.03. The summed E-state index contributed by atoms with van der Waals surface area (Å²) in [5.74, 6) is 0.456. The SMILES string of the molecule is CCN(Cc1ccccc1)c1ncnc2c(F)cccc12. The first-order chi connectivity index (χ1) is 10.3. The number of fused-ring (bicyclic) bond motifs is 1. The van der Waals surface area contributed by atoms with Gasteiger partial charge in [0.15, 0.2) is 0 Å². The van der Waals surface area contributed by atoms with E-state index in [4.69, 9.17) is 0 Å². The number of hydrogen-bond acceptors (Lipinski definition) is 3. The van der Waals surface area contributed by atoms with Crippen LogP contribution in [0.4, 0.5) is 10.2 Å². The van der Waals surface area contributed by atoms with Crippen LogP contribution in [0.25, 0.3) is 10.9 Å². The van der Waals surface area contributed by atoms with Crippen molar-refractivity contribution in [1.82, 2.24) is 9.97 Å². The second-order valence-electron chi connectivity index (χ2n) is 4.83. The predicted molar refractivity (Wildman–Crippen MR) is 82.7 cm³/mol. The highest BCUT2D eigenvalue weighted by molar-refractivity contribution is 5.89. The quantitative estimate of drug-likeness (QED) is 0.728. The van der Waals surface area contributed by atoms with Crippen molar-refractivity contribution < 1.29 is 4.39 Å². The molecule has 0 spiro atoms. The Labute approximate surface area is 123 Å². The van der Waals surface area contributed by atoms with Crippen molar-refractivity contribution in [2.75, 3.05) is 11.4 Å². The molecule has 0 saturated carbocycles. The zero-order valence-corrected chi connectivity index (χ0v) is 11.8. The van der Waals surface area contributed by atoms with Gasteiger partial charge in [-0.1, -0.05) is 36.4 Å². The Morgan fingerprint density at radius 2 is 1.81 bits per heavy atom. The Hall–Kier alpha value is -2.49. The van der Waals surface area contributed by atoms with Crippen LogP contribution in [0.1, 0.15) is 12.5 Å². The molecule has 0 aliphatic heterocycles. The summed E-state index contributed by atoms with van der Waals surface area (Å²) in [6.45, 7) is 3.59. The Bertz CT molecular complexity index is 743. The first-order valence-electron chi connectivity index (χ1n) is 6.97. The summed E-state index contributed by atoms with van der Waals surface area (Å²) in [6, 6.07) is 15.2. The smallest absolute Gasteiger partial charge is 0.149 e. The van der Waals surface area contributed by atoms with E-state index in [0.29, 0.717) is 5.52 Å². The standard InChI is InChI=1S/C17H16FN3/c1-2-21(11-13-7-4-3-5-8-13)17-14-9-6-10-15(18)16(14)19-12-20-17/h3-10,12H,2,11H2,1H3. The highest BCUT2D eigenvalue weighted by Crippen LogP contribution is 2.25. The lowest BCUT2D eigenvalue weighted by Gasteiger charge is -2.23. The zero-order chi connectivity index (χ0) is 14.7. The number of aromatic nitrogens is 2. The van der Waals surface area contributed by atoms with E-state index in [9.17, 15) is 4.39 Å². The van der Waals surface area contributed by atoms with Gasteiger partial charge in [0.25, 0.3) is 0 Å². The van der Waals surface area contributed by atoms with Crippen LogP contribution >= 0.6 is 0 Å². The minimum atomic E-state index is -0.313. The van der Waals surface area contributed by atoms with E-state index in [2.05, 4.69) is 33.9 Å². The van der Waals surface area contributed by atoms with Crippen LogP contribution in [-0.4, -0.2) is 16.5 Å². The van der Waals surface area contributed by atoms with Crippen molar-refractivity contribution in [2.24, 2.45) is 0 Å². The third kappa shape index (κ3) is 2.70. The van der Waals surface area contributed by atoms with Gasteiger partial charge >= 0.3 is 0 Å². The number of anilines is 1. The van der Waals surface area contributed by atoms with Gasteiger partial charge in [-0.15, -0.1) is 0 Å². The van der Waals surface area contributed by atoms with Gasteiger partial charge in [-0.05, 0) is 24.6 Å². The summed E-state index contributed by atoms with van der Waals surface area (Å²) in [7, 11) is 0. The summed E-state index contributed by atoms with van der Waals surface area (Å²) in [5.41, 5.74) is 1.57. The molecule has 0 unspecified atom stereocenters. The highest BCUT2D eigenvalue weighted by Gasteiger charge is 2.13. The number of halogens is 1. The first kappa shape index (κ1) is 13.5. The molecule has 0 N–H and O–H groups in total. The van der Waals surface area contributed by atoms with Crippen molar-refractivity contribution >= 4 is 16.7 Å². The molecule has 1 heterocycles. The molecule has 0 atom stereocenters. The van der Waals surface area contributed by atoms with Crippen LogP contribution < -0.4 is 4.90 Å². The van der Waals surface area contributed by atoms with Crippen molar-refractivity contribution in [3.8, 4) is 0 Å². The van der Waals surface area contributed by atoms with Crippen LogP contribution in [0.2, 0.25) is 0 Å². The van der Waals surface area contributed by atoms with Gasteiger partial charge in [-0.25, -0.2) is 14.4 Å². The van der Waals surface area contributed by atoms with E-state index in [-0.39, 0.29) is 5.82 Å². The van der Waals surface area contributed by atoms with E-state index in [0.717, 1.165) is 24.3 Å². The van der Waals surface area contributed by atoms with Gasteiger partial charge in [0.2, 0.25) is 0 Å². The Morgan fingerprint density at radius 3 is 2.57 bits per heavy atom.